The quantitative estimate of drug-likeness (QED) is 0.680. The molecule has 6 heteroatoms. The minimum atomic E-state index is -1.89. The van der Waals surface area contributed by atoms with E-state index >= 15 is 0 Å². The lowest BCUT2D eigenvalue weighted by Crippen LogP contribution is -2.27. The van der Waals surface area contributed by atoms with Crippen LogP contribution in [0.5, 0.6) is 0 Å². The van der Waals surface area contributed by atoms with Crippen molar-refractivity contribution in [1.82, 2.24) is 0 Å². The fourth-order valence-electron chi connectivity index (χ4n) is 1.86. The Hall–Kier alpha value is -1.63. The molecule has 1 aromatic rings. The highest BCUT2D eigenvalue weighted by molar-refractivity contribution is 7.75. The molecule has 1 aromatic carbocycles. The van der Waals surface area contributed by atoms with Crippen molar-refractivity contribution in [3.05, 3.63) is 53.0 Å². The van der Waals surface area contributed by atoms with E-state index in [2.05, 4.69) is 15.8 Å². The van der Waals surface area contributed by atoms with Crippen LogP contribution >= 0.6 is 0 Å². The van der Waals surface area contributed by atoms with Crippen LogP contribution in [-0.2, 0) is 19.7 Å². The molecule has 0 saturated carbocycles. The van der Waals surface area contributed by atoms with Crippen LogP contribution in [0.4, 0.5) is 4.39 Å². The molecule has 0 aliphatic carbocycles. The molecule has 0 spiro atoms. The van der Waals surface area contributed by atoms with Gasteiger partial charge in [-0.15, -0.1) is 0 Å². The van der Waals surface area contributed by atoms with Crippen molar-refractivity contribution in [1.29, 1.82) is 0 Å². The molecule has 1 rings (SSSR count). The van der Waals surface area contributed by atoms with Crippen LogP contribution in [0.3, 0.4) is 0 Å². The summed E-state index contributed by atoms with van der Waals surface area (Å²) in [4.78, 5) is 4.25. The maximum atomic E-state index is 14.2. The summed E-state index contributed by atoms with van der Waals surface area (Å²) >= 11 is -1.89. The third-order valence-electron chi connectivity index (χ3n) is 3.67. The molecule has 0 bridgehead atoms. The van der Waals surface area contributed by atoms with Gasteiger partial charge in [0.15, 0.2) is 0 Å². The van der Waals surface area contributed by atoms with E-state index in [4.69, 9.17) is 4.18 Å². The Bertz CT molecular complexity index is 708. The number of halogens is 1. The Morgan fingerprint density at radius 3 is 2.46 bits per heavy atom. The first-order chi connectivity index (χ1) is 11.1. The highest BCUT2D eigenvalue weighted by Gasteiger charge is 2.26. The van der Waals surface area contributed by atoms with Crippen molar-refractivity contribution in [2.75, 3.05) is 7.11 Å². The fourth-order valence-corrected chi connectivity index (χ4v) is 2.36. The van der Waals surface area contributed by atoms with E-state index < -0.39 is 17.0 Å². The normalized spacial score (nSPS) is 14.2. The van der Waals surface area contributed by atoms with Crippen LogP contribution in [-0.4, -0.2) is 23.1 Å². The molecule has 0 radical (unpaired) electrons. The van der Waals surface area contributed by atoms with E-state index in [0.29, 0.717) is 16.8 Å². The number of rotatable bonds is 7. The minimum Gasteiger partial charge on any atom is -0.272 e. The lowest BCUT2D eigenvalue weighted by Gasteiger charge is -2.22. The molecule has 0 aromatic heterocycles. The second kappa shape index (κ2) is 8.46. The maximum Gasteiger partial charge on any atom is 0.305 e. The molecule has 4 nitrogen and oxygen atoms in total. The van der Waals surface area contributed by atoms with Gasteiger partial charge in [-0.05, 0) is 63.5 Å². The SMILES string of the molecule is C=C(N=C/C(=C\C)c1cc(C)c(C)cc1F)C(C)(C)OS(=O)OC. The zero-order valence-electron chi connectivity index (χ0n) is 15.0. The van der Waals surface area contributed by atoms with Gasteiger partial charge in [0.05, 0.1) is 12.8 Å². The Morgan fingerprint density at radius 2 is 1.92 bits per heavy atom. The maximum absolute atomic E-state index is 14.2. The van der Waals surface area contributed by atoms with E-state index in [0.717, 1.165) is 11.1 Å². The number of hydrogen-bond acceptors (Lipinski definition) is 4. The van der Waals surface area contributed by atoms with Crippen LogP contribution in [0.2, 0.25) is 0 Å². The monoisotopic (exact) mass is 353 g/mol. The standard InChI is InChI=1S/C18H24FNO3S/c1-8-15(16-9-12(2)13(3)10-17(16)19)11-20-14(4)18(5,6)23-24(21)22-7/h8-11H,4H2,1-3,5-7H3/b15-8+,20-11?. The van der Waals surface area contributed by atoms with E-state index in [-0.39, 0.29) is 5.82 Å². The van der Waals surface area contributed by atoms with Gasteiger partial charge in [-0.2, -0.15) is 4.21 Å². The number of nitrogens with zero attached hydrogens (tertiary/aromatic N) is 1. The van der Waals surface area contributed by atoms with E-state index in [9.17, 15) is 8.60 Å². The first kappa shape index (κ1) is 20.4. The summed E-state index contributed by atoms with van der Waals surface area (Å²) in [6.45, 7) is 12.8. The Kier molecular flexibility index (Phi) is 7.20. The first-order valence-corrected chi connectivity index (χ1v) is 8.45. The highest BCUT2D eigenvalue weighted by atomic mass is 32.2. The molecule has 0 aliphatic heterocycles. The lowest BCUT2D eigenvalue weighted by molar-refractivity contribution is 0.145. The van der Waals surface area contributed by atoms with Gasteiger partial charge in [-0.25, -0.2) is 4.39 Å². The number of hydrogen-bond donors (Lipinski definition) is 0. The summed E-state index contributed by atoms with van der Waals surface area (Å²) in [6, 6.07) is 3.29. The van der Waals surface area contributed by atoms with Gasteiger partial charge >= 0.3 is 11.4 Å². The number of aliphatic imine (C=N–C) groups is 1. The Labute approximate surface area is 146 Å². The number of benzene rings is 1. The predicted molar refractivity (Wildman–Crippen MR) is 97.5 cm³/mol. The summed E-state index contributed by atoms with van der Waals surface area (Å²) in [5.74, 6) is -0.306. The molecular formula is C18H24FNO3S. The van der Waals surface area contributed by atoms with Crippen LogP contribution in [0, 0.1) is 19.7 Å². The van der Waals surface area contributed by atoms with Gasteiger partial charge in [-0.3, -0.25) is 13.4 Å². The predicted octanol–water partition coefficient (Wildman–Crippen LogP) is 4.45. The summed E-state index contributed by atoms with van der Waals surface area (Å²) in [5.41, 5.74) is 2.34. The topological polar surface area (TPSA) is 47.9 Å². The first-order valence-electron chi connectivity index (χ1n) is 7.45. The van der Waals surface area contributed by atoms with E-state index in [1.54, 1.807) is 32.9 Å². The molecule has 0 fully saturated rings. The second-order valence-electron chi connectivity index (χ2n) is 5.83. The second-order valence-corrected chi connectivity index (χ2v) is 6.74. The fraction of sp³-hybridized carbons (Fsp3) is 0.389. The Balaban J connectivity index is 3.05. The largest absolute Gasteiger partial charge is 0.305 e. The average Bonchev–Trinajstić information content (AvgIpc) is 2.51. The van der Waals surface area contributed by atoms with Crippen molar-refractivity contribution in [3.8, 4) is 0 Å². The van der Waals surface area contributed by atoms with Gasteiger partial charge < -0.3 is 0 Å². The van der Waals surface area contributed by atoms with Gasteiger partial charge in [0.25, 0.3) is 0 Å². The molecule has 1 unspecified atom stereocenters. The summed E-state index contributed by atoms with van der Waals surface area (Å²) in [6.07, 6.45) is 3.29. The summed E-state index contributed by atoms with van der Waals surface area (Å²) in [7, 11) is 1.28. The molecule has 24 heavy (non-hydrogen) atoms. The molecule has 0 aliphatic rings. The molecule has 0 saturated heterocycles. The van der Waals surface area contributed by atoms with Crippen LogP contribution in [0.25, 0.3) is 5.57 Å². The minimum absolute atomic E-state index is 0.306. The molecule has 132 valence electrons. The van der Waals surface area contributed by atoms with Crippen LogP contribution in [0.15, 0.2) is 35.5 Å². The summed E-state index contributed by atoms with van der Waals surface area (Å²) in [5, 5.41) is 0. The van der Waals surface area contributed by atoms with Gasteiger partial charge in [0.1, 0.15) is 11.4 Å². The van der Waals surface area contributed by atoms with Crippen molar-refractivity contribution >= 4 is 23.1 Å². The molecule has 0 amide bonds. The van der Waals surface area contributed by atoms with Crippen LogP contribution in [0.1, 0.15) is 37.5 Å². The number of aryl methyl sites for hydroxylation is 2. The molecule has 1 atom stereocenters. The van der Waals surface area contributed by atoms with Crippen LogP contribution < -0.4 is 0 Å². The van der Waals surface area contributed by atoms with Crippen molar-refractivity contribution in [2.24, 2.45) is 4.99 Å². The number of allylic oxidation sites excluding steroid dienone is 2. The third-order valence-corrected chi connectivity index (χ3v) is 4.50. The smallest absolute Gasteiger partial charge is 0.272 e. The molecule has 0 heterocycles. The van der Waals surface area contributed by atoms with Crippen molar-refractivity contribution in [3.63, 3.8) is 0 Å². The highest BCUT2D eigenvalue weighted by Crippen LogP contribution is 2.24. The van der Waals surface area contributed by atoms with E-state index in [1.807, 2.05) is 13.8 Å². The van der Waals surface area contributed by atoms with Gasteiger partial charge in [0, 0.05) is 11.8 Å². The summed E-state index contributed by atoms with van der Waals surface area (Å²) < 4.78 is 35.4. The third kappa shape index (κ3) is 5.19. The van der Waals surface area contributed by atoms with Crippen molar-refractivity contribution < 1.29 is 17.0 Å². The lowest BCUT2D eigenvalue weighted by atomic mass is 10.00. The van der Waals surface area contributed by atoms with E-state index in [1.165, 1.54) is 19.4 Å². The van der Waals surface area contributed by atoms with Gasteiger partial charge in [0.2, 0.25) is 0 Å². The molecular weight excluding hydrogens is 329 g/mol. The zero-order valence-corrected chi connectivity index (χ0v) is 15.8. The van der Waals surface area contributed by atoms with Gasteiger partial charge in [-0.1, -0.05) is 12.7 Å². The average molecular weight is 353 g/mol. The van der Waals surface area contributed by atoms with Crippen molar-refractivity contribution in [2.45, 2.75) is 40.2 Å². The zero-order chi connectivity index (χ0) is 18.5. The Morgan fingerprint density at radius 1 is 1.33 bits per heavy atom. The molecule has 0 N–H and O–H groups in total.